The molecular weight excluding hydrogens is 329 g/mol. The van der Waals surface area contributed by atoms with E-state index in [0.717, 1.165) is 25.9 Å². The monoisotopic (exact) mass is 352 g/mol. The average molecular weight is 352 g/mol. The summed E-state index contributed by atoms with van der Waals surface area (Å²) in [4.78, 5) is 11.9. The van der Waals surface area contributed by atoms with Crippen LogP contribution < -0.4 is 5.32 Å². The van der Waals surface area contributed by atoms with Gasteiger partial charge in [0.25, 0.3) is 0 Å². The highest BCUT2D eigenvalue weighted by Gasteiger charge is 2.45. The van der Waals surface area contributed by atoms with E-state index in [1.54, 1.807) is 0 Å². The third-order valence-electron chi connectivity index (χ3n) is 4.27. The maximum atomic E-state index is 11.9. The Morgan fingerprint density at radius 3 is 2.47 bits per heavy atom. The first-order chi connectivity index (χ1) is 8.14. The number of alkyl halides is 1. The van der Waals surface area contributed by atoms with E-state index in [9.17, 15) is 4.79 Å². The molecular formula is C13H23INO2+. The molecule has 1 saturated carbocycles. The normalized spacial score (nSPS) is 26.7. The van der Waals surface area contributed by atoms with Crippen LogP contribution in [0.2, 0.25) is 0 Å². The lowest BCUT2D eigenvalue weighted by Crippen LogP contribution is -2.88. The summed E-state index contributed by atoms with van der Waals surface area (Å²) in [6.45, 7) is 4.14. The van der Waals surface area contributed by atoms with Gasteiger partial charge in [0, 0.05) is 12.8 Å². The number of halogens is 1. The number of hydrogen-bond acceptors (Lipinski definition) is 2. The molecule has 0 radical (unpaired) electrons. The summed E-state index contributed by atoms with van der Waals surface area (Å²) in [6.07, 6.45) is 7.23. The summed E-state index contributed by atoms with van der Waals surface area (Å²) in [6, 6.07) is 0. The molecule has 2 N–H and O–H groups in total. The Labute approximate surface area is 117 Å². The van der Waals surface area contributed by atoms with E-state index in [1.165, 1.54) is 25.7 Å². The van der Waals surface area contributed by atoms with Gasteiger partial charge in [0.15, 0.2) is 0 Å². The van der Waals surface area contributed by atoms with Crippen LogP contribution in [0.5, 0.6) is 0 Å². The number of esters is 1. The van der Waals surface area contributed by atoms with Crippen LogP contribution in [0.4, 0.5) is 0 Å². The first-order valence-electron chi connectivity index (χ1n) is 6.83. The predicted octanol–water partition coefficient (Wildman–Crippen LogP) is 1.64. The van der Waals surface area contributed by atoms with E-state index >= 15 is 0 Å². The fourth-order valence-corrected chi connectivity index (χ4v) is 3.42. The minimum absolute atomic E-state index is 0.0144. The second kappa shape index (κ2) is 5.87. The molecule has 1 heterocycles. The van der Waals surface area contributed by atoms with Gasteiger partial charge >= 0.3 is 5.97 Å². The number of hydrogen-bond donors (Lipinski definition) is 1. The molecule has 0 amide bonds. The summed E-state index contributed by atoms with van der Waals surface area (Å²) < 4.78 is 5.93. The molecule has 3 nitrogen and oxygen atoms in total. The SMILES string of the molecule is CC(I)C(=O)OC1(C2CCCC2)CC[NH2+]CC1. The maximum Gasteiger partial charge on any atom is 0.319 e. The fraction of sp³-hybridized carbons (Fsp3) is 0.923. The zero-order valence-corrected chi connectivity index (χ0v) is 12.7. The van der Waals surface area contributed by atoms with Crippen LogP contribution in [-0.4, -0.2) is 28.6 Å². The Bertz CT molecular complexity index is 269. The molecule has 1 saturated heterocycles. The van der Waals surface area contributed by atoms with Gasteiger partial charge in [0.1, 0.15) is 9.53 Å². The molecule has 4 heteroatoms. The maximum absolute atomic E-state index is 11.9. The lowest BCUT2D eigenvalue weighted by Gasteiger charge is -2.40. The van der Waals surface area contributed by atoms with Gasteiger partial charge in [-0.3, -0.25) is 4.79 Å². The van der Waals surface area contributed by atoms with Crippen molar-refractivity contribution in [1.29, 1.82) is 0 Å². The van der Waals surface area contributed by atoms with E-state index in [0.29, 0.717) is 5.92 Å². The molecule has 1 aliphatic carbocycles. The van der Waals surface area contributed by atoms with Gasteiger partial charge in [-0.05, 0) is 25.7 Å². The third-order valence-corrected chi connectivity index (χ3v) is 4.78. The predicted molar refractivity (Wildman–Crippen MR) is 75.2 cm³/mol. The highest BCUT2D eigenvalue weighted by molar-refractivity contribution is 14.1. The van der Waals surface area contributed by atoms with Crippen LogP contribution in [0.15, 0.2) is 0 Å². The lowest BCUT2D eigenvalue weighted by molar-refractivity contribution is -0.668. The number of piperidine rings is 1. The van der Waals surface area contributed by atoms with Crippen molar-refractivity contribution in [2.24, 2.45) is 5.92 Å². The van der Waals surface area contributed by atoms with Crippen LogP contribution in [0.3, 0.4) is 0 Å². The first kappa shape index (κ1) is 13.6. The number of quaternary nitrogens is 1. The first-order valence-corrected chi connectivity index (χ1v) is 8.07. The minimum Gasteiger partial charge on any atom is -0.458 e. The summed E-state index contributed by atoms with van der Waals surface area (Å²) in [7, 11) is 0. The topological polar surface area (TPSA) is 42.9 Å². The smallest absolute Gasteiger partial charge is 0.319 e. The van der Waals surface area contributed by atoms with Gasteiger partial charge in [0.2, 0.25) is 0 Å². The van der Waals surface area contributed by atoms with Crippen molar-refractivity contribution in [3.05, 3.63) is 0 Å². The van der Waals surface area contributed by atoms with E-state index in [4.69, 9.17) is 4.74 Å². The van der Waals surface area contributed by atoms with Crippen molar-refractivity contribution < 1.29 is 14.8 Å². The molecule has 2 aliphatic rings. The largest absolute Gasteiger partial charge is 0.458 e. The Hall–Kier alpha value is 0.160. The molecule has 1 aliphatic heterocycles. The Balaban J connectivity index is 2.08. The van der Waals surface area contributed by atoms with Crippen LogP contribution in [0.1, 0.15) is 45.4 Å². The van der Waals surface area contributed by atoms with Gasteiger partial charge in [0.05, 0.1) is 13.1 Å². The molecule has 1 unspecified atom stereocenters. The fourth-order valence-electron chi connectivity index (χ4n) is 3.29. The zero-order chi connectivity index (χ0) is 12.3. The molecule has 17 heavy (non-hydrogen) atoms. The average Bonchev–Trinajstić information content (AvgIpc) is 2.84. The van der Waals surface area contributed by atoms with Crippen LogP contribution >= 0.6 is 22.6 Å². The van der Waals surface area contributed by atoms with Crippen molar-refractivity contribution in [2.45, 2.75) is 55.0 Å². The third kappa shape index (κ3) is 3.13. The van der Waals surface area contributed by atoms with E-state index < -0.39 is 0 Å². The van der Waals surface area contributed by atoms with Gasteiger partial charge in [-0.15, -0.1) is 0 Å². The summed E-state index contributed by atoms with van der Waals surface area (Å²) in [5.41, 5.74) is -0.123. The number of ether oxygens (including phenoxy) is 1. The van der Waals surface area contributed by atoms with Crippen molar-refractivity contribution in [1.82, 2.24) is 0 Å². The molecule has 98 valence electrons. The van der Waals surface area contributed by atoms with Crippen LogP contribution in [0.25, 0.3) is 0 Å². The second-order valence-corrected chi connectivity index (χ2v) is 7.32. The molecule has 0 aromatic rings. The van der Waals surface area contributed by atoms with Crippen LogP contribution in [-0.2, 0) is 9.53 Å². The molecule has 2 rings (SSSR count). The number of rotatable bonds is 3. The summed E-state index contributed by atoms with van der Waals surface area (Å²) in [5.74, 6) is 0.606. The molecule has 0 aromatic heterocycles. The quantitative estimate of drug-likeness (QED) is 0.477. The van der Waals surface area contributed by atoms with Gasteiger partial charge < -0.3 is 10.1 Å². The van der Waals surface area contributed by atoms with Crippen molar-refractivity contribution in [3.63, 3.8) is 0 Å². The van der Waals surface area contributed by atoms with E-state index in [-0.39, 0.29) is 15.5 Å². The molecule has 2 fully saturated rings. The van der Waals surface area contributed by atoms with Gasteiger partial charge in [-0.1, -0.05) is 35.4 Å². The zero-order valence-electron chi connectivity index (χ0n) is 10.6. The molecule has 0 aromatic carbocycles. The standard InChI is InChI=1S/C13H22INO2/c1-10(14)12(16)17-13(6-8-15-9-7-13)11-4-2-3-5-11/h10-11,15H,2-9H2,1H3/p+1. The van der Waals surface area contributed by atoms with Crippen molar-refractivity contribution in [3.8, 4) is 0 Å². The van der Waals surface area contributed by atoms with Gasteiger partial charge in [-0.25, -0.2) is 0 Å². The van der Waals surface area contributed by atoms with E-state index in [2.05, 4.69) is 27.9 Å². The Morgan fingerprint density at radius 2 is 1.94 bits per heavy atom. The second-order valence-electron chi connectivity index (χ2n) is 5.45. The molecule has 1 atom stereocenters. The summed E-state index contributed by atoms with van der Waals surface area (Å²) >= 11 is 2.15. The highest BCUT2D eigenvalue weighted by Crippen LogP contribution is 2.41. The summed E-state index contributed by atoms with van der Waals surface area (Å²) in [5, 5.41) is 2.34. The molecule has 0 spiro atoms. The Kier molecular flexibility index (Phi) is 4.69. The number of carbonyl (C=O) groups is 1. The van der Waals surface area contributed by atoms with Gasteiger partial charge in [-0.2, -0.15) is 0 Å². The van der Waals surface area contributed by atoms with E-state index in [1.807, 2.05) is 6.92 Å². The van der Waals surface area contributed by atoms with Crippen molar-refractivity contribution >= 4 is 28.6 Å². The van der Waals surface area contributed by atoms with Crippen molar-refractivity contribution in [2.75, 3.05) is 13.1 Å². The molecule has 0 bridgehead atoms. The lowest BCUT2D eigenvalue weighted by atomic mass is 9.78. The minimum atomic E-state index is -0.123. The number of nitrogens with two attached hydrogens (primary N) is 1. The Morgan fingerprint density at radius 1 is 1.35 bits per heavy atom. The highest BCUT2D eigenvalue weighted by atomic mass is 127. The number of carbonyl (C=O) groups excluding carboxylic acids is 1. The van der Waals surface area contributed by atoms with Crippen LogP contribution in [0, 0.1) is 5.92 Å².